The summed E-state index contributed by atoms with van der Waals surface area (Å²) in [7, 11) is 0. The highest BCUT2D eigenvalue weighted by molar-refractivity contribution is 5.19. The summed E-state index contributed by atoms with van der Waals surface area (Å²) in [5, 5.41) is 3.75. The molecule has 0 amide bonds. The highest BCUT2D eigenvalue weighted by Gasteiger charge is 2.30. The van der Waals surface area contributed by atoms with Gasteiger partial charge in [0.25, 0.3) is 0 Å². The van der Waals surface area contributed by atoms with Crippen LogP contribution in [0.15, 0.2) is 30.3 Å². The van der Waals surface area contributed by atoms with Gasteiger partial charge in [-0.15, -0.1) is 0 Å². The van der Waals surface area contributed by atoms with E-state index in [1.807, 2.05) is 0 Å². The Labute approximate surface area is 129 Å². The molecule has 3 atom stereocenters. The van der Waals surface area contributed by atoms with Crippen molar-refractivity contribution in [2.24, 2.45) is 11.8 Å². The standard InChI is InChI=1S/C19H30N2/c1-15-11-16(2)13-18(12-15)21-10-6-9-20-19(14-21)17-7-4-3-5-8-17/h3-5,7-8,15-16,18-20H,6,9-14H2,1-2H3. The Morgan fingerprint density at radius 3 is 2.43 bits per heavy atom. The molecule has 116 valence electrons. The zero-order chi connectivity index (χ0) is 14.7. The molecule has 1 saturated carbocycles. The number of hydrogen-bond acceptors (Lipinski definition) is 2. The van der Waals surface area contributed by atoms with Gasteiger partial charge in [0, 0.05) is 18.6 Å². The first-order valence-electron chi connectivity index (χ1n) is 8.74. The molecule has 1 aliphatic carbocycles. The van der Waals surface area contributed by atoms with Crippen LogP contribution < -0.4 is 5.32 Å². The van der Waals surface area contributed by atoms with E-state index < -0.39 is 0 Å². The van der Waals surface area contributed by atoms with E-state index in [-0.39, 0.29) is 0 Å². The summed E-state index contributed by atoms with van der Waals surface area (Å²) in [4.78, 5) is 2.78. The van der Waals surface area contributed by atoms with Crippen LogP contribution in [0.25, 0.3) is 0 Å². The number of nitrogens with one attached hydrogen (secondary N) is 1. The molecule has 0 spiro atoms. The molecule has 2 aliphatic rings. The van der Waals surface area contributed by atoms with E-state index >= 15 is 0 Å². The highest BCUT2D eigenvalue weighted by Crippen LogP contribution is 2.33. The minimum absolute atomic E-state index is 0.501. The molecule has 1 aromatic carbocycles. The van der Waals surface area contributed by atoms with Gasteiger partial charge < -0.3 is 5.32 Å². The predicted octanol–water partition coefficient (Wildman–Crippen LogP) is 3.85. The van der Waals surface area contributed by atoms with E-state index in [4.69, 9.17) is 0 Å². The van der Waals surface area contributed by atoms with Crippen molar-refractivity contribution in [2.75, 3.05) is 19.6 Å². The van der Waals surface area contributed by atoms with Gasteiger partial charge in [-0.25, -0.2) is 0 Å². The first kappa shape index (κ1) is 15.1. The summed E-state index contributed by atoms with van der Waals surface area (Å²) >= 11 is 0. The third-order valence-electron chi connectivity index (χ3n) is 5.30. The van der Waals surface area contributed by atoms with E-state index in [2.05, 4.69) is 54.4 Å². The minimum Gasteiger partial charge on any atom is -0.309 e. The molecule has 3 rings (SSSR count). The third-order valence-corrected chi connectivity index (χ3v) is 5.30. The Morgan fingerprint density at radius 2 is 1.71 bits per heavy atom. The molecular formula is C19H30N2. The monoisotopic (exact) mass is 286 g/mol. The van der Waals surface area contributed by atoms with Crippen molar-refractivity contribution in [3.8, 4) is 0 Å². The lowest BCUT2D eigenvalue weighted by molar-refractivity contribution is 0.108. The van der Waals surface area contributed by atoms with Crippen LogP contribution in [0.2, 0.25) is 0 Å². The van der Waals surface area contributed by atoms with E-state index in [1.165, 1.54) is 44.3 Å². The summed E-state index contributed by atoms with van der Waals surface area (Å²) in [6, 6.07) is 12.3. The third kappa shape index (κ3) is 3.87. The zero-order valence-electron chi connectivity index (χ0n) is 13.6. The zero-order valence-corrected chi connectivity index (χ0v) is 13.6. The van der Waals surface area contributed by atoms with Crippen LogP contribution in [-0.2, 0) is 0 Å². The van der Waals surface area contributed by atoms with Crippen LogP contribution in [0.3, 0.4) is 0 Å². The number of hydrogen-bond donors (Lipinski definition) is 1. The van der Waals surface area contributed by atoms with Crippen LogP contribution in [0.1, 0.15) is 51.1 Å². The fourth-order valence-corrected chi connectivity index (χ4v) is 4.39. The predicted molar refractivity (Wildman–Crippen MR) is 89.3 cm³/mol. The van der Waals surface area contributed by atoms with Crippen molar-refractivity contribution in [3.05, 3.63) is 35.9 Å². The molecule has 21 heavy (non-hydrogen) atoms. The summed E-state index contributed by atoms with van der Waals surface area (Å²) in [5.74, 6) is 1.79. The van der Waals surface area contributed by atoms with Gasteiger partial charge in [-0.1, -0.05) is 44.2 Å². The summed E-state index contributed by atoms with van der Waals surface area (Å²) in [5.41, 5.74) is 1.45. The lowest BCUT2D eigenvalue weighted by Crippen LogP contribution is -2.43. The highest BCUT2D eigenvalue weighted by atomic mass is 15.2. The quantitative estimate of drug-likeness (QED) is 0.888. The molecule has 1 aromatic rings. The Balaban J connectivity index is 1.70. The van der Waals surface area contributed by atoms with Gasteiger partial charge in [0.05, 0.1) is 0 Å². The second-order valence-corrected chi connectivity index (χ2v) is 7.34. The average molecular weight is 286 g/mol. The fraction of sp³-hybridized carbons (Fsp3) is 0.684. The average Bonchev–Trinajstić information content (AvgIpc) is 2.73. The van der Waals surface area contributed by atoms with E-state index in [0.717, 1.165) is 24.4 Å². The van der Waals surface area contributed by atoms with Gasteiger partial charge in [0.2, 0.25) is 0 Å². The Morgan fingerprint density at radius 1 is 1.00 bits per heavy atom. The SMILES string of the molecule is CC1CC(C)CC(N2CCCNC(c3ccccc3)C2)C1. The normalized spacial score (nSPS) is 35.3. The first-order valence-corrected chi connectivity index (χ1v) is 8.74. The smallest absolute Gasteiger partial charge is 0.0449 e. The second-order valence-electron chi connectivity index (χ2n) is 7.34. The number of benzene rings is 1. The molecule has 0 bridgehead atoms. The van der Waals surface area contributed by atoms with Gasteiger partial charge in [0.15, 0.2) is 0 Å². The molecule has 0 radical (unpaired) electrons. The van der Waals surface area contributed by atoms with Gasteiger partial charge >= 0.3 is 0 Å². The van der Waals surface area contributed by atoms with Crippen molar-refractivity contribution in [2.45, 2.75) is 51.6 Å². The lowest BCUT2D eigenvalue weighted by atomic mass is 9.79. The van der Waals surface area contributed by atoms with Gasteiger partial charge in [-0.3, -0.25) is 4.90 Å². The van der Waals surface area contributed by atoms with Crippen LogP contribution in [0.4, 0.5) is 0 Å². The Kier molecular flexibility index (Phi) is 4.97. The maximum absolute atomic E-state index is 3.75. The van der Waals surface area contributed by atoms with Crippen LogP contribution in [-0.4, -0.2) is 30.6 Å². The maximum Gasteiger partial charge on any atom is 0.0449 e. The largest absolute Gasteiger partial charge is 0.309 e. The molecule has 2 heteroatoms. The fourth-order valence-electron chi connectivity index (χ4n) is 4.39. The summed E-state index contributed by atoms with van der Waals surface area (Å²) < 4.78 is 0. The van der Waals surface area contributed by atoms with Gasteiger partial charge in [-0.05, 0) is 56.2 Å². The molecule has 3 unspecified atom stereocenters. The molecule has 1 heterocycles. The Hall–Kier alpha value is -0.860. The van der Waals surface area contributed by atoms with Crippen LogP contribution in [0.5, 0.6) is 0 Å². The molecule has 1 N–H and O–H groups in total. The van der Waals surface area contributed by atoms with E-state index in [1.54, 1.807) is 0 Å². The molecule has 0 aromatic heterocycles. The van der Waals surface area contributed by atoms with Crippen molar-refractivity contribution in [1.82, 2.24) is 10.2 Å². The lowest BCUT2D eigenvalue weighted by Gasteiger charge is -2.39. The van der Waals surface area contributed by atoms with Gasteiger partial charge in [0.1, 0.15) is 0 Å². The molecular weight excluding hydrogens is 256 g/mol. The number of rotatable bonds is 2. The van der Waals surface area contributed by atoms with Gasteiger partial charge in [-0.2, -0.15) is 0 Å². The first-order chi connectivity index (χ1) is 10.2. The van der Waals surface area contributed by atoms with Crippen molar-refractivity contribution >= 4 is 0 Å². The minimum atomic E-state index is 0.501. The van der Waals surface area contributed by atoms with Crippen molar-refractivity contribution in [1.29, 1.82) is 0 Å². The number of nitrogens with zero attached hydrogens (tertiary/aromatic N) is 1. The summed E-state index contributed by atoms with van der Waals surface area (Å²) in [6.45, 7) is 8.46. The van der Waals surface area contributed by atoms with E-state index in [9.17, 15) is 0 Å². The molecule has 1 saturated heterocycles. The van der Waals surface area contributed by atoms with Crippen molar-refractivity contribution in [3.63, 3.8) is 0 Å². The second kappa shape index (κ2) is 6.93. The van der Waals surface area contributed by atoms with E-state index in [0.29, 0.717) is 6.04 Å². The topological polar surface area (TPSA) is 15.3 Å². The van der Waals surface area contributed by atoms with Crippen LogP contribution >= 0.6 is 0 Å². The van der Waals surface area contributed by atoms with Crippen LogP contribution in [0, 0.1) is 11.8 Å². The van der Waals surface area contributed by atoms with Crippen molar-refractivity contribution < 1.29 is 0 Å². The molecule has 1 aliphatic heterocycles. The molecule has 2 nitrogen and oxygen atoms in total. The maximum atomic E-state index is 3.75. The molecule has 2 fully saturated rings. The Bertz CT molecular complexity index is 420. The summed E-state index contributed by atoms with van der Waals surface area (Å²) in [6.07, 6.45) is 5.49.